The lowest BCUT2D eigenvalue weighted by molar-refractivity contribution is -0.137. The Morgan fingerprint density at radius 1 is 1.03 bits per heavy atom. The van der Waals surface area contributed by atoms with Crippen molar-refractivity contribution < 1.29 is 27.5 Å². The molecule has 1 aromatic heterocycles. The van der Waals surface area contributed by atoms with Gasteiger partial charge in [-0.2, -0.15) is 18.3 Å². The number of nitrogens with one attached hydrogen (secondary N) is 1. The van der Waals surface area contributed by atoms with Gasteiger partial charge in [0.2, 0.25) is 0 Å². The lowest BCUT2D eigenvalue weighted by atomic mass is 10.1. The fraction of sp³-hybridized carbons (Fsp3) is 0.261. The van der Waals surface area contributed by atoms with E-state index in [9.17, 15) is 22.8 Å². The molecule has 0 unspecified atom stereocenters. The number of carbonyl (C=O) groups is 2. The molecule has 0 aliphatic rings. The Morgan fingerprint density at radius 3 is 2.31 bits per heavy atom. The summed E-state index contributed by atoms with van der Waals surface area (Å²) >= 11 is 0. The van der Waals surface area contributed by atoms with Crippen molar-refractivity contribution in [1.29, 1.82) is 0 Å². The van der Waals surface area contributed by atoms with Crippen LogP contribution in [0.3, 0.4) is 0 Å². The maximum atomic E-state index is 12.6. The van der Waals surface area contributed by atoms with Gasteiger partial charge in [-0.25, -0.2) is 4.79 Å². The van der Waals surface area contributed by atoms with Gasteiger partial charge in [-0.1, -0.05) is 30.3 Å². The zero-order chi connectivity index (χ0) is 23.3. The van der Waals surface area contributed by atoms with Crippen molar-refractivity contribution in [3.05, 3.63) is 88.2 Å². The summed E-state index contributed by atoms with van der Waals surface area (Å²) in [6, 6.07) is 13.4. The first kappa shape index (κ1) is 23.1. The predicted octanol–water partition coefficient (Wildman–Crippen LogP) is 4.04. The number of alkyl halides is 3. The number of aromatic nitrogens is 2. The van der Waals surface area contributed by atoms with Crippen molar-refractivity contribution in [2.45, 2.75) is 33.1 Å². The summed E-state index contributed by atoms with van der Waals surface area (Å²) in [4.78, 5) is 24.1. The second-order valence-corrected chi connectivity index (χ2v) is 7.22. The van der Waals surface area contributed by atoms with Crippen LogP contribution < -0.4 is 5.32 Å². The Hall–Kier alpha value is -3.62. The molecule has 1 N–H and O–H groups in total. The Kier molecular flexibility index (Phi) is 6.97. The summed E-state index contributed by atoms with van der Waals surface area (Å²) in [5.41, 5.74) is 2.71. The number of benzene rings is 2. The van der Waals surface area contributed by atoms with Gasteiger partial charge in [0.25, 0.3) is 5.91 Å². The summed E-state index contributed by atoms with van der Waals surface area (Å²) in [6.45, 7) is 4.03. The molecule has 3 rings (SSSR count). The summed E-state index contributed by atoms with van der Waals surface area (Å²) in [6.07, 6.45) is -4.49. The van der Waals surface area contributed by atoms with Gasteiger partial charge in [-0.3, -0.25) is 9.48 Å². The molecule has 0 aliphatic heterocycles. The molecule has 0 radical (unpaired) electrons. The molecule has 0 saturated heterocycles. The predicted molar refractivity (Wildman–Crippen MR) is 111 cm³/mol. The van der Waals surface area contributed by atoms with Crippen LogP contribution in [0, 0.1) is 13.8 Å². The zero-order valence-electron chi connectivity index (χ0n) is 17.6. The molecule has 0 bridgehead atoms. The summed E-state index contributed by atoms with van der Waals surface area (Å²) in [5.74, 6) is -1.41. The number of aryl methyl sites for hydroxylation is 1. The van der Waals surface area contributed by atoms with Crippen LogP contribution in [0.4, 0.5) is 13.2 Å². The monoisotopic (exact) mass is 445 g/mol. The van der Waals surface area contributed by atoms with Gasteiger partial charge in [0.15, 0.2) is 6.61 Å². The third kappa shape index (κ3) is 5.75. The second-order valence-electron chi connectivity index (χ2n) is 7.22. The second kappa shape index (κ2) is 9.67. The van der Waals surface area contributed by atoms with Gasteiger partial charge < -0.3 is 10.1 Å². The van der Waals surface area contributed by atoms with Crippen LogP contribution in [0.2, 0.25) is 0 Å². The molecule has 0 spiro atoms. The number of ether oxygens (including phenoxy) is 1. The van der Waals surface area contributed by atoms with E-state index in [2.05, 4.69) is 10.4 Å². The molecule has 3 aromatic rings. The van der Waals surface area contributed by atoms with E-state index >= 15 is 0 Å². The van der Waals surface area contributed by atoms with E-state index in [4.69, 9.17) is 4.74 Å². The smallest absolute Gasteiger partial charge is 0.416 e. The standard InChI is InChI=1S/C23H22F3N3O3/c1-15-20(16(2)29(28-15)13-17-6-4-3-5-7-17)12-27-21(30)14-32-22(31)18-8-10-19(11-9-18)23(24,25)26/h3-11H,12-14H2,1-2H3,(H,27,30). The number of rotatable bonds is 7. The number of hydrogen-bond donors (Lipinski definition) is 1. The molecule has 0 fully saturated rings. The third-order valence-electron chi connectivity index (χ3n) is 4.95. The Labute approximate surface area is 183 Å². The molecule has 32 heavy (non-hydrogen) atoms. The molecular formula is C23H22F3N3O3. The summed E-state index contributed by atoms with van der Waals surface area (Å²) in [5, 5.41) is 7.20. The largest absolute Gasteiger partial charge is 0.452 e. The molecule has 168 valence electrons. The van der Waals surface area contributed by atoms with E-state index in [-0.39, 0.29) is 12.1 Å². The molecule has 9 heteroatoms. The van der Waals surface area contributed by atoms with Crippen molar-refractivity contribution in [3.63, 3.8) is 0 Å². The minimum Gasteiger partial charge on any atom is -0.452 e. The van der Waals surface area contributed by atoms with E-state index < -0.39 is 30.2 Å². The van der Waals surface area contributed by atoms with E-state index in [1.165, 1.54) is 0 Å². The minimum atomic E-state index is -4.49. The van der Waals surface area contributed by atoms with Gasteiger partial charge in [-0.05, 0) is 43.7 Å². The zero-order valence-corrected chi connectivity index (χ0v) is 17.6. The highest BCUT2D eigenvalue weighted by Gasteiger charge is 2.30. The number of esters is 1. The highest BCUT2D eigenvalue weighted by molar-refractivity contribution is 5.91. The van der Waals surface area contributed by atoms with Crippen LogP contribution in [0.1, 0.15) is 38.4 Å². The van der Waals surface area contributed by atoms with Gasteiger partial charge >= 0.3 is 12.1 Å². The Morgan fingerprint density at radius 2 is 1.69 bits per heavy atom. The van der Waals surface area contributed by atoms with Crippen molar-refractivity contribution >= 4 is 11.9 Å². The SMILES string of the molecule is Cc1nn(Cc2ccccc2)c(C)c1CNC(=O)COC(=O)c1ccc(C(F)(F)F)cc1. The van der Waals surface area contributed by atoms with Crippen molar-refractivity contribution in [2.24, 2.45) is 0 Å². The average Bonchev–Trinajstić information content (AvgIpc) is 3.03. The van der Waals surface area contributed by atoms with Crippen LogP contribution in [0.15, 0.2) is 54.6 Å². The van der Waals surface area contributed by atoms with Crippen molar-refractivity contribution in [3.8, 4) is 0 Å². The molecule has 0 atom stereocenters. The van der Waals surface area contributed by atoms with Crippen LogP contribution in [-0.4, -0.2) is 28.3 Å². The quantitative estimate of drug-likeness (QED) is 0.557. The Bertz CT molecular complexity index is 1090. The topological polar surface area (TPSA) is 73.2 Å². The minimum absolute atomic E-state index is 0.0697. The first-order chi connectivity index (χ1) is 15.1. The van der Waals surface area contributed by atoms with Gasteiger partial charge in [0.05, 0.1) is 23.4 Å². The molecule has 6 nitrogen and oxygen atoms in total. The summed E-state index contributed by atoms with van der Waals surface area (Å²) < 4.78 is 44.5. The highest BCUT2D eigenvalue weighted by atomic mass is 19.4. The molecule has 2 aromatic carbocycles. The lowest BCUT2D eigenvalue weighted by Gasteiger charge is -2.09. The fourth-order valence-corrected chi connectivity index (χ4v) is 3.15. The fourth-order valence-electron chi connectivity index (χ4n) is 3.15. The van der Waals surface area contributed by atoms with Gasteiger partial charge in [0, 0.05) is 17.8 Å². The average molecular weight is 445 g/mol. The highest BCUT2D eigenvalue weighted by Crippen LogP contribution is 2.29. The normalized spacial score (nSPS) is 11.3. The number of hydrogen-bond acceptors (Lipinski definition) is 4. The lowest BCUT2D eigenvalue weighted by Crippen LogP contribution is -2.28. The van der Waals surface area contributed by atoms with Crippen LogP contribution in [0.5, 0.6) is 0 Å². The Balaban J connectivity index is 1.52. The van der Waals surface area contributed by atoms with Crippen LogP contribution in [0.25, 0.3) is 0 Å². The van der Waals surface area contributed by atoms with Crippen LogP contribution in [-0.2, 0) is 28.8 Å². The van der Waals surface area contributed by atoms with Gasteiger partial charge in [0.1, 0.15) is 0 Å². The first-order valence-electron chi connectivity index (χ1n) is 9.83. The van der Waals surface area contributed by atoms with E-state index in [1.54, 1.807) is 0 Å². The number of halogens is 3. The van der Waals surface area contributed by atoms with E-state index in [0.717, 1.165) is 46.8 Å². The molecular weight excluding hydrogens is 423 g/mol. The van der Waals surface area contributed by atoms with Crippen molar-refractivity contribution in [1.82, 2.24) is 15.1 Å². The molecule has 0 aliphatic carbocycles. The molecule has 1 amide bonds. The van der Waals surface area contributed by atoms with Crippen molar-refractivity contribution in [2.75, 3.05) is 6.61 Å². The maximum absolute atomic E-state index is 12.6. The number of nitrogens with zero attached hydrogens (tertiary/aromatic N) is 2. The number of amides is 1. The molecule has 0 saturated carbocycles. The van der Waals surface area contributed by atoms with Crippen LogP contribution >= 0.6 is 0 Å². The third-order valence-corrected chi connectivity index (χ3v) is 4.95. The molecule has 1 heterocycles. The van der Waals surface area contributed by atoms with Gasteiger partial charge in [-0.15, -0.1) is 0 Å². The van der Waals surface area contributed by atoms with E-state index in [0.29, 0.717) is 6.54 Å². The number of carbonyl (C=O) groups excluding carboxylic acids is 2. The first-order valence-corrected chi connectivity index (χ1v) is 9.83. The maximum Gasteiger partial charge on any atom is 0.416 e. The van der Waals surface area contributed by atoms with E-state index in [1.807, 2.05) is 48.9 Å². The summed E-state index contributed by atoms with van der Waals surface area (Å²) in [7, 11) is 0.